The van der Waals surface area contributed by atoms with Crippen LogP contribution in [-0.2, 0) is 6.54 Å². The summed E-state index contributed by atoms with van der Waals surface area (Å²) in [5, 5.41) is 5.33. The fourth-order valence-corrected chi connectivity index (χ4v) is 5.08. The number of nitrogens with zero attached hydrogens (tertiary/aromatic N) is 3. The second-order valence-electron chi connectivity index (χ2n) is 7.76. The number of rotatable bonds is 7. The molecule has 2 aromatic heterocycles. The van der Waals surface area contributed by atoms with Crippen LogP contribution in [0.4, 0.5) is 0 Å². The topological polar surface area (TPSA) is 48.5 Å². The fourth-order valence-electron chi connectivity index (χ4n) is 4.12. The number of aromatic nitrogens is 1. The Morgan fingerprint density at radius 1 is 1.03 bits per heavy atom. The van der Waals surface area contributed by atoms with E-state index < -0.39 is 0 Å². The summed E-state index contributed by atoms with van der Waals surface area (Å²) in [6.45, 7) is 7.14. The van der Waals surface area contributed by atoms with Crippen LogP contribution in [0.1, 0.15) is 33.8 Å². The van der Waals surface area contributed by atoms with Crippen LogP contribution in [0, 0.1) is 0 Å². The lowest BCUT2D eigenvalue weighted by Gasteiger charge is -2.41. The van der Waals surface area contributed by atoms with Crippen LogP contribution in [0.15, 0.2) is 72.4 Å². The van der Waals surface area contributed by atoms with Crippen LogP contribution >= 0.6 is 11.3 Å². The summed E-state index contributed by atoms with van der Waals surface area (Å²) in [7, 11) is 0. The van der Waals surface area contributed by atoms with Crippen molar-refractivity contribution in [2.45, 2.75) is 25.6 Å². The number of amides is 1. The van der Waals surface area contributed by atoms with Gasteiger partial charge in [0.1, 0.15) is 0 Å². The molecule has 1 fully saturated rings. The molecule has 1 aliphatic rings. The van der Waals surface area contributed by atoms with Gasteiger partial charge in [0.05, 0.1) is 6.04 Å². The molecular formula is C24H28N4OS. The van der Waals surface area contributed by atoms with Gasteiger partial charge in [-0.1, -0.05) is 36.4 Å². The van der Waals surface area contributed by atoms with Crippen molar-refractivity contribution in [2.75, 3.05) is 26.2 Å². The van der Waals surface area contributed by atoms with Crippen LogP contribution < -0.4 is 5.32 Å². The first kappa shape index (κ1) is 20.7. The summed E-state index contributed by atoms with van der Waals surface area (Å²) in [5.74, 6) is -0.0471. The minimum absolute atomic E-state index is 0.00462. The normalized spacial score (nSPS) is 17.4. The highest BCUT2D eigenvalue weighted by Crippen LogP contribution is 2.29. The summed E-state index contributed by atoms with van der Waals surface area (Å²) in [6, 6.07) is 18.6. The van der Waals surface area contributed by atoms with Gasteiger partial charge in [0.2, 0.25) is 0 Å². The van der Waals surface area contributed by atoms with E-state index in [1.807, 2.05) is 0 Å². The number of benzene rings is 1. The van der Waals surface area contributed by atoms with Crippen molar-refractivity contribution in [3.8, 4) is 0 Å². The van der Waals surface area contributed by atoms with Crippen molar-refractivity contribution >= 4 is 17.2 Å². The molecule has 2 atom stereocenters. The third kappa shape index (κ3) is 5.14. The van der Waals surface area contributed by atoms with Gasteiger partial charge >= 0.3 is 0 Å². The maximum atomic E-state index is 12.7. The van der Waals surface area contributed by atoms with E-state index in [4.69, 9.17) is 0 Å². The first-order chi connectivity index (χ1) is 14.7. The molecule has 3 heterocycles. The molecule has 30 heavy (non-hydrogen) atoms. The molecule has 0 radical (unpaired) electrons. The first-order valence-corrected chi connectivity index (χ1v) is 11.3. The number of carbonyl (C=O) groups excluding carboxylic acids is 1. The molecular weight excluding hydrogens is 392 g/mol. The van der Waals surface area contributed by atoms with E-state index in [0.717, 1.165) is 32.7 Å². The molecule has 0 spiro atoms. The van der Waals surface area contributed by atoms with Gasteiger partial charge in [-0.2, -0.15) is 0 Å². The van der Waals surface area contributed by atoms with Crippen molar-refractivity contribution in [1.29, 1.82) is 0 Å². The van der Waals surface area contributed by atoms with Gasteiger partial charge in [-0.3, -0.25) is 19.6 Å². The molecule has 5 nitrogen and oxygen atoms in total. The second-order valence-corrected chi connectivity index (χ2v) is 8.74. The van der Waals surface area contributed by atoms with E-state index in [9.17, 15) is 4.79 Å². The molecule has 1 saturated heterocycles. The molecule has 0 aliphatic carbocycles. The average molecular weight is 421 g/mol. The highest BCUT2D eigenvalue weighted by atomic mass is 32.1. The van der Waals surface area contributed by atoms with Gasteiger partial charge in [-0.05, 0) is 36.1 Å². The van der Waals surface area contributed by atoms with Gasteiger partial charge in [0.15, 0.2) is 0 Å². The van der Waals surface area contributed by atoms with Crippen LogP contribution in [0.25, 0.3) is 0 Å². The van der Waals surface area contributed by atoms with Crippen molar-refractivity contribution in [3.05, 3.63) is 88.4 Å². The molecule has 1 aromatic carbocycles. The molecule has 0 saturated carbocycles. The van der Waals surface area contributed by atoms with Gasteiger partial charge in [-0.25, -0.2) is 0 Å². The third-order valence-corrected chi connectivity index (χ3v) is 6.60. The summed E-state index contributed by atoms with van der Waals surface area (Å²) >= 11 is 1.76. The zero-order valence-electron chi connectivity index (χ0n) is 17.3. The Balaban J connectivity index is 1.41. The van der Waals surface area contributed by atoms with E-state index in [1.165, 1.54) is 10.4 Å². The quantitative estimate of drug-likeness (QED) is 0.631. The van der Waals surface area contributed by atoms with Gasteiger partial charge in [0, 0.05) is 61.6 Å². The SMILES string of the molecule is C[C@@H](NC(=O)c1ccncc1)[C@@H](c1cccs1)N1CCN(Cc2ccccc2)CC1. The number of piperazine rings is 1. The lowest BCUT2D eigenvalue weighted by Crippen LogP contribution is -2.52. The van der Waals surface area contributed by atoms with E-state index in [1.54, 1.807) is 35.9 Å². The van der Waals surface area contributed by atoms with Gasteiger partial charge < -0.3 is 5.32 Å². The Morgan fingerprint density at radius 2 is 1.77 bits per heavy atom. The van der Waals surface area contributed by atoms with E-state index in [2.05, 4.69) is 74.9 Å². The molecule has 3 aromatic rings. The zero-order valence-corrected chi connectivity index (χ0v) is 18.1. The maximum Gasteiger partial charge on any atom is 0.251 e. The summed E-state index contributed by atoms with van der Waals surface area (Å²) in [4.78, 5) is 23.0. The van der Waals surface area contributed by atoms with Crippen molar-refractivity contribution in [3.63, 3.8) is 0 Å². The largest absolute Gasteiger partial charge is 0.348 e. The number of nitrogens with one attached hydrogen (secondary N) is 1. The maximum absolute atomic E-state index is 12.7. The summed E-state index contributed by atoms with van der Waals surface area (Å²) < 4.78 is 0. The van der Waals surface area contributed by atoms with Crippen LogP contribution in [0.2, 0.25) is 0 Å². The number of hydrogen-bond donors (Lipinski definition) is 1. The highest BCUT2D eigenvalue weighted by Gasteiger charge is 2.31. The van der Waals surface area contributed by atoms with Crippen LogP contribution in [-0.4, -0.2) is 52.9 Å². The van der Waals surface area contributed by atoms with E-state index >= 15 is 0 Å². The lowest BCUT2D eigenvalue weighted by atomic mass is 10.0. The molecule has 156 valence electrons. The first-order valence-electron chi connectivity index (χ1n) is 10.5. The van der Waals surface area contributed by atoms with Crippen LogP contribution in [0.5, 0.6) is 0 Å². The minimum Gasteiger partial charge on any atom is -0.348 e. The fraction of sp³-hybridized carbons (Fsp3) is 0.333. The predicted octanol–water partition coefficient (Wildman–Crippen LogP) is 3.82. The Labute approximate surface area is 182 Å². The highest BCUT2D eigenvalue weighted by molar-refractivity contribution is 7.10. The van der Waals surface area contributed by atoms with Gasteiger partial charge in [-0.15, -0.1) is 11.3 Å². The zero-order chi connectivity index (χ0) is 20.8. The molecule has 6 heteroatoms. The molecule has 1 amide bonds. The Morgan fingerprint density at radius 3 is 2.43 bits per heavy atom. The van der Waals surface area contributed by atoms with Crippen molar-refractivity contribution in [2.24, 2.45) is 0 Å². The van der Waals surface area contributed by atoms with Crippen molar-refractivity contribution < 1.29 is 4.79 Å². The average Bonchev–Trinajstić information content (AvgIpc) is 3.31. The summed E-state index contributed by atoms with van der Waals surface area (Å²) in [6.07, 6.45) is 3.31. The third-order valence-electron chi connectivity index (χ3n) is 5.66. The number of thiophene rings is 1. The summed E-state index contributed by atoms with van der Waals surface area (Å²) in [5.41, 5.74) is 2.01. The molecule has 0 unspecified atom stereocenters. The van der Waals surface area contributed by atoms with Crippen molar-refractivity contribution in [1.82, 2.24) is 20.1 Å². The molecule has 1 aliphatic heterocycles. The van der Waals surface area contributed by atoms with Crippen LogP contribution in [0.3, 0.4) is 0 Å². The monoisotopic (exact) mass is 420 g/mol. The second kappa shape index (κ2) is 9.98. The predicted molar refractivity (Wildman–Crippen MR) is 122 cm³/mol. The Hall–Kier alpha value is -2.54. The van der Waals surface area contributed by atoms with E-state index in [-0.39, 0.29) is 18.0 Å². The number of hydrogen-bond acceptors (Lipinski definition) is 5. The molecule has 1 N–H and O–H groups in total. The molecule has 0 bridgehead atoms. The Kier molecular flexibility index (Phi) is 6.89. The minimum atomic E-state index is -0.0471. The standard InChI is InChI=1S/C24H28N4OS/c1-19(26-24(29)21-9-11-25-12-10-21)23(22-8-5-17-30-22)28-15-13-27(14-16-28)18-20-6-3-2-4-7-20/h2-12,17,19,23H,13-16,18H2,1H3,(H,26,29)/t19-,23+/m1/s1. The van der Waals surface area contributed by atoms with E-state index in [0.29, 0.717) is 5.56 Å². The molecule has 4 rings (SSSR count). The Bertz CT molecular complexity index is 909. The number of pyridine rings is 1. The number of carbonyl (C=O) groups is 1. The smallest absolute Gasteiger partial charge is 0.251 e. The van der Waals surface area contributed by atoms with Gasteiger partial charge in [0.25, 0.3) is 5.91 Å². The lowest BCUT2D eigenvalue weighted by molar-refractivity contribution is 0.0714.